The fourth-order valence-corrected chi connectivity index (χ4v) is 1.30. The molecule has 0 fully saturated rings. The molecule has 0 aromatic carbocycles. The molecule has 1 aliphatic rings. The number of hydrogen-bond donors (Lipinski definition) is 2. The van der Waals surface area contributed by atoms with E-state index in [2.05, 4.69) is 11.8 Å². The zero-order valence-electron chi connectivity index (χ0n) is 6.82. The lowest BCUT2D eigenvalue weighted by Crippen LogP contribution is -2.03. The summed E-state index contributed by atoms with van der Waals surface area (Å²) in [6, 6.07) is 0. The molecule has 0 spiro atoms. The van der Waals surface area contributed by atoms with E-state index in [9.17, 15) is 8.42 Å². The van der Waals surface area contributed by atoms with Crippen LogP contribution in [0.1, 0.15) is 12.8 Å². The van der Waals surface area contributed by atoms with Crippen molar-refractivity contribution in [2.24, 2.45) is 5.73 Å². The second-order valence-corrected chi connectivity index (χ2v) is 4.03. The molecular formula is C8H9NO3S. The first kappa shape index (κ1) is 9.84. The van der Waals surface area contributed by atoms with Gasteiger partial charge in [0.05, 0.1) is 4.91 Å². The first-order valence-electron chi connectivity index (χ1n) is 3.58. The van der Waals surface area contributed by atoms with Gasteiger partial charge in [-0.2, -0.15) is 8.42 Å². The molecule has 3 N–H and O–H groups in total. The second-order valence-electron chi connectivity index (χ2n) is 2.56. The van der Waals surface area contributed by atoms with Gasteiger partial charge in [-0.15, -0.1) is 0 Å². The van der Waals surface area contributed by atoms with E-state index in [1.165, 1.54) is 12.2 Å². The minimum atomic E-state index is -4.13. The van der Waals surface area contributed by atoms with Crippen LogP contribution >= 0.6 is 0 Å². The van der Waals surface area contributed by atoms with Crippen LogP contribution in [0.25, 0.3) is 0 Å². The summed E-state index contributed by atoms with van der Waals surface area (Å²) in [7, 11) is -4.13. The van der Waals surface area contributed by atoms with Gasteiger partial charge in [-0.05, 0) is 12.2 Å². The van der Waals surface area contributed by atoms with Crippen LogP contribution in [-0.2, 0) is 10.1 Å². The number of allylic oxidation sites excluding steroid dienone is 4. The van der Waals surface area contributed by atoms with Crippen molar-refractivity contribution in [1.82, 2.24) is 0 Å². The molecule has 4 nitrogen and oxygen atoms in total. The summed E-state index contributed by atoms with van der Waals surface area (Å²) in [4.78, 5) is -0.123. The van der Waals surface area contributed by atoms with Crippen molar-refractivity contribution in [2.75, 3.05) is 0 Å². The first-order chi connectivity index (χ1) is 6.00. The standard InChI is InChI=1S/C8H9NO3S/c9-7-3-1-2-4-8(6-5-7)13(10,11)12/h5-6H,3-4,9H2,(H,10,11,12)/b7-5+,8-6+. The van der Waals surface area contributed by atoms with E-state index in [-0.39, 0.29) is 11.3 Å². The van der Waals surface area contributed by atoms with Gasteiger partial charge in [0, 0.05) is 18.5 Å². The molecule has 0 heterocycles. The summed E-state index contributed by atoms with van der Waals surface area (Å²) >= 11 is 0. The maximum absolute atomic E-state index is 10.7. The maximum Gasteiger partial charge on any atom is 0.291 e. The highest BCUT2D eigenvalue weighted by molar-refractivity contribution is 7.89. The van der Waals surface area contributed by atoms with Crippen molar-refractivity contribution in [1.29, 1.82) is 0 Å². The molecular weight excluding hydrogens is 190 g/mol. The van der Waals surface area contributed by atoms with Crippen LogP contribution in [0, 0.1) is 11.8 Å². The Kier molecular flexibility index (Phi) is 2.76. The van der Waals surface area contributed by atoms with Crippen molar-refractivity contribution < 1.29 is 13.0 Å². The van der Waals surface area contributed by atoms with E-state index in [0.29, 0.717) is 12.1 Å². The van der Waals surface area contributed by atoms with E-state index in [0.717, 1.165) is 0 Å². The molecule has 1 rings (SSSR count). The summed E-state index contributed by atoms with van der Waals surface area (Å²) in [5, 5.41) is 0. The van der Waals surface area contributed by atoms with Crippen LogP contribution in [-0.4, -0.2) is 13.0 Å². The number of nitrogens with two attached hydrogens (primary N) is 1. The summed E-state index contributed by atoms with van der Waals surface area (Å²) in [5.74, 6) is 5.28. The summed E-state index contributed by atoms with van der Waals surface area (Å²) in [5.41, 5.74) is 5.93. The van der Waals surface area contributed by atoms with Gasteiger partial charge in [0.1, 0.15) is 0 Å². The predicted molar refractivity (Wildman–Crippen MR) is 48.9 cm³/mol. The fraction of sp³-hybridized carbons (Fsp3) is 0.250. The molecule has 0 unspecified atom stereocenters. The van der Waals surface area contributed by atoms with Crippen LogP contribution in [0.5, 0.6) is 0 Å². The zero-order valence-corrected chi connectivity index (χ0v) is 7.63. The van der Waals surface area contributed by atoms with Crippen molar-refractivity contribution in [2.45, 2.75) is 12.8 Å². The van der Waals surface area contributed by atoms with Crippen LogP contribution in [0.4, 0.5) is 0 Å². The van der Waals surface area contributed by atoms with Crippen molar-refractivity contribution in [3.63, 3.8) is 0 Å². The van der Waals surface area contributed by atoms with Gasteiger partial charge >= 0.3 is 0 Å². The minimum Gasteiger partial charge on any atom is -0.401 e. The van der Waals surface area contributed by atoms with Gasteiger partial charge in [0.2, 0.25) is 0 Å². The molecule has 70 valence electrons. The van der Waals surface area contributed by atoms with Crippen molar-refractivity contribution in [3.8, 4) is 11.8 Å². The quantitative estimate of drug-likeness (QED) is 0.473. The molecule has 0 saturated carbocycles. The third kappa shape index (κ3) is 2.93. The molecule has 0 amide bonds. The van der Waals surface area contributed by atoms with Crippen LogP contribution in [0.15, 0.2) is 22.8 Å². The van der Waals surface area contributed by atoms with Gasteiger partial charge in [-0.1, -0.05) is 11.8 Å². The molecule has 5 heteroatoms. The normalized spacial score (nSPS) is 25.3. The topological polar surface area (TPSA) is 80.4 Å². The Labute approximate surface area is 76.9 Å². The first-order valence-corrected chi connectivity index (χ1v) is 5.02. The van der Waals surface area contributed by atoms with E-state index >= 15 is 0 Å². The lowest BCUT2D eigenvalue weighted by molar-refractivity contribution is 0.490. The predicted octanol–water partition coefficient (Wildman–Crippen LogP) is 0.398. The Morgan fingerprint density at radius 2 is 1.92 bits per heavy atom. The smallest absolute Gasteiger partial charge is 0.291 e. The summed E-state index contributed by atoms with van der Waals surface area (Å²) < 4.78 is 30.1. The molecule has 0 aromatic rings. The van der Waals surface area contributed by atoms with Gasteiger partial charge in [0.15, 0.2) is 0 Å². The van der Waals surface area contributed by atoms with E-state index in [1.807, 2.05) is 0 Å². The van der Waals surface area contributed by atoms with Crippen LogP contribution < -0.4 is 5.73 Å². The monoisotopic (exact) mass is 199 g/mol. The van der Waals surface area contributed by atoms with Crippen LogP contribution in [0.3, 0.4) is 0 Å². The minimum absolute atomic E-state index is 0.0304. The Morgan fingerprint density at radius 1 is 1.31 bits per heavy atom. The molecule has 1 aliphatic carbocycles. The molecule has 0 aliphatic heterocycles. The van der Waals surface area contributed by atoms with E-state index in [1.54, 1.807) is 0 Å². The van der Waals surface area contributed by atoms with Crippen LogP contribution in [0.2, 0.25) is 0 Å². The molecule has 0 atom stereocenters. The second kappa shape index (κ2) is 3.64. The summed E-state index contributed by atoms with van der Waals surface area (Å²) in [6.45, 7) is 0. The molecule has 0 bridgehead atoms. The largest absolute Gasteiger partial charge is 0.401 e. The van der Waals surface area contributed by atoms with Gasteiger partial charge in [-0.25, -0.2) is 0 Å². The van der Waals surface area contributed by atoms with Gasteiger partial charge in [0.25, 0.3) is 10.1 Å². The van der Waals surface area contributed by atoms with Crippen molar-refractivity contribution in [3.05, 3.63) is 22.8 Å². The Morgan fingerprint density at radius 3 is 2.54 bits per heavy atom. The van der Waals surface area contributed by atoms with Gasteiger partial charge < -0.3 is 5.73 Å². The number of rotatable bonds is 1. The Balaban J connectivity index is 3.08. The molecule has 0 aromatic heterocycles. The average Bonchev–Trinajstić information content (AvgIpc) is 1.94. The lowest BCUT2D eigenvalue weighted by atomic mass is 10.2. The Hall–Kier alpha value is -1.25. The average molecular weight is 199 g/mol. The SMILES string of the molecule is N/C1=C/C=C(/S(=O)(=O)O)CC#CC1. The highest BCUT2D eigenvalue weighted by Gasteiger charge is 2.11. The van der Waals surface area contributed by atoms with Crippen molar-refractivity contribution >= 4 is 10.1 Å². The van der Waals surface area contributed by atoms with E-state index in [4.69, 9.17) is 10.3 Å². The highest BCUT2D eigenvalue weighted by Crippen LogP contribution is 2.11. The summed E-state index contributed by atoms with van der Waals surface area (Å²) in [6.07, 6.45) is 3.17. The number of hydrogen-bond acceptors (Lipinski definition) is 3. The molecule has 0 radical (unpaired) electrons. The Bertz CT molecular complexity index is 420. The fourth-order valence-electron chi connectivity index (χ4n) is 0.809. The van der Waals surface area contributed by atoms with Gasteiger partial charge in [-0.3, -0.25) is 4.55 Å². The maximum atomic E-state index is 10.7. The highest BCUT2D eigenvalue weighted by atomic mass is 32.2. The molecule has 13 heavy (non-hydrogen) atoms. The molecule has 0 saturated heterocycles. The third-order valence-electron chi connectivity index (χ3n) is 1.49. The zero-order chi connectivity index (χ0) is 9.90. The lowest BCUT2D eigenvalue weighted by Gasteiger charge is -2.00. The third-order valence-corrected chi connectivity index (χ3v) is 2.44. The van der Waals surface area contributed by atoms with E-state index < -0.39 is 10.1 Å².